The van der Waals surface area contributed by atoms with Crippen molar-refractivity contribution >= 4 is 5.95 Å². The molecule has 3 rings (SSSR count). The van der Waals surface area contributed by atoms with Gasteiger partial charge in [-0.15, -0.1) is 0 Å². The van der Waals surface area contributed by atoms with Gasteiger partial charge in [0.1, 0.15) is 11.8 Å². The predicted molar refractivity (Wildman–Crippen MR) is 85.7 cm³/mol. The van der Waals surface area contributed by atoms with Crippen molar-refractivity contribution in [2.75, 3.05) is 31.1 Å². The SMILES string of the molecule is N#Cc1ccnc(N2CCN(Cc3ccccc3C(F)(F)F)CC2)n1. The molecule has 0 spiro atoms. The van der Waals surface area contributed by atoms with Crippen molar-refractivity contribution in [3.63, 3.8) is 0 Å². The van der Waals surface area contributed by atoms with E-state index in [4.69, 9.17) is 5.26 Å². The highest BCUT2D eigenvalue weighted by Crippen LogP contribution is 2.32. The molecule has 2 heterocycles. The van der Waals surface area contributed by atoms with Crippen LogP contribution in [0.4, 0.5) is 19.1 Å². The smallest absolute Gasteiger partial charge is 0.338 e. The number of hydrogen-bond acceptors (Lipinski definition) is 5. The maximum absolute atomic E-state index is 13.1. The summed E-state index contributed by atoms with van der Waals surface area (Å²) in [5, 5.41) is 8.90. The summed E-state index contributed by atoms with van der Waals surface area (Å²) in [6, 6.07) is 9.18. The third-order valence-electron chi connectivity index (χ3n) is 4.13. The Kier molecular flexibility index (Phi) is 4.86. The summed E-state index contributed by atoms with van der Waals surface area (Å²) in [5.74, 6) is 0.481. The lowest BCUT2D eigenvalue weighted by atomic mass is 10.1. The second-order valence-corrected chi connectivity index (χ2v) is 5.77. The van der Waals surface area contributed by atoms with Crippen LogP contribution in [0.1, 0.15) is 16.8 Å². The van der Waals surface area contributed by atoms with Crippen LogP contribution >= 0.6 is 0 Å². The molecule has 1 aromatic heterocycles. The first kappa shape index (κ1) is 17.2. The molecule has 0 radical (unpaired) electrons. The molecule has 0 bridgehead atoms. The zero-order chi connectivity index (χ0) is 17.9. The van der Waals surface area contributed by atoms with E-state index in [1.54, 1.807) is 6.07 Å². The van der Waals surface area contributed by atoms with Crippen molar-refractivity contribution in [3.8, 4) is 6.07 Å². The molecule has 1 aliphatic heterocycles. The standard InChI is InChI=1S/C17H16F3N5/c18-17(19,20)15-4-2-1-3-13(15)12-24-7-9-25(10-8-24)16-22-6-5-14(11-21)23-16/h1-6H,7-10,12H2. The minimum atomic E-state index is -4.34. The number of nitrogens with zero attached hydrogens (tertiary/aromatic N) is 5. The Morgan fingerprint density at radius 3 is 2.48 bits per heavy atom. The fourth-order valence-corrected chi connectivity index (χ4v) is 2.84. The maximum atomic E-state index is 13.1. The normalized spacial score (nSPS) is 15.8. The van der Waals surface area contributed by atoms with E-state index in [-0.39, 0.29) is 12.1 Å². The Morgan fingerprint density at radius 2 is 1.80 bits per heavy atom. The van der Waals surface area contributed by atoms with E-state index >= 15 is 0 Å². The van der Waals surface area contributed by atoms with Gasteiger partial charge in [-0.2, -0.15) is 18.4 Å². The number of aromatic nitrogens is 2. The fraction of sp³-hybridized carbons (Fsp3) is 0.353. The summed E-state index contributed by atoms with van der Waals surface area (Å²) in [7, 11) is 0. The highest BCUT2D eigenvalue weighted by Gasteiger charge is 2.33. The Hall–Kier alpha value is -2.66. The van der Waals surface area contributed by atoms with Crippen LogP contribution in [0.2, 0.25) is 0 Å². The van der Waals surface area contributed by atoms with Crippen LogP contribution in [-0.2, 0) is 12.7 Å². The molecule has 130 valence electrons. The van der Waals surface area contributed by atoms with Gasteiger partial charge in [-0.05, 0) is 17.7 Å². The molecule has 0 aliphatic carbocycles. The molecule has 0 N–H and O–H groups in total. The monoisotopic (exact) mass is 347 g/mol. The molecule has 1 aliphatic rings. The highest BCUT2D eigenvalue weighted by molar-refractivity contribution is 5.34. The topological polar surface area (TPSA) is 56.1 Å². The number of piperazine rings is 1. The minimum Gasteiger partial charge on any atom is -0.338 e. The molecule has 5 nitrogen and oxygen atoms in total. The summed E-state index contributed by atoms with van der Waals surface area (Å²) < 4.78 is 39.3. The maximum Gasteiger partial charge on any atom is 0.416 e. The second-order valence-electron chi connectivity index (χ2n) is 5.77. The number of hydrogen-bond donors (Lipinski definition) is 0. The first-order valence-corrected chi connectivity index (χ1v) is 7.83. The van der Waals surface area contributed by atoms with E-state index in [9.17, 15) is 13.2 Å². The predicted octanol–water partition coefficient (Wildman–Crippen LogP) is 2.69. The van der Waals surface area contributed by atoms with Crippen LogP contribution < -0.4 is 4.90 Å². The van der Waals surface area contributed by atoms with Crippen molar-refractivity contribution in [2.45, 2.75) is 12.7 Å². The van der Waals surface area contributed by atoms with Crippen molar-refractivity contribution in [2.24, 2.45) is 0 Å². The average molecular weight is 347 g/mol. The molecule has 1 aromatic carbocycles. The molecule has 0 saturated carbocycles. The van der Waals surface area contributed by atoms with E-state index in [0.717, 1.165) is 6.07 Å². The Morgan fingerprint density at radius 1 is 1.08 bits per heavy atom. The number of anilines is 1. The molecule has 8 heteroatoms. The molecular weight excluding hydrogens is 331 g/mol. The van der Waals surface area contributed by atoms with Crippen LogP contribution in [-0.4, -0.2) is 41.0 Å². The van der Waals surface area contributed by atoms with Gasteiger partial charge in [-0.1, -0.05) is 18.2 Å². The van der Waals surface area contributed by atoms with E-state index in [2.05, 4.69) is 9.97 Å². The number of rotatable bonds is 3. The van der Waals surface area contributed by atoms with E-state index < -0.39 is 11.7 Å². The van der Waals surface area contributed by atoms with Crippen molar-refractivity contribution in [1.82, 2.24) is 14.9 Å². The quantitative estimate of drug-likeness (QED) is 0.854. The highest BCUT2D eigenvalue weighted by atomic mass is 19.4. The lowest BCUT2D eigenvalue weighted by Gasteiger charge is -2.35. The van der Waals surface area contributed by atoms with Gasteiger partial charge in [-0.3, -0.25) is 4.90 Å². The molecule has 0 unspecified atom stereocenters. The van der Waals surface area contributed by atoms with Crippen molar-refractivity contribution in [1.29, 1.82) is 5.26 Å². The third kappa shape index (κ3) is 4.06. The van der Waals surface area contributed by atoms with Gasteiger partial charge in [0.15, 0.2) is 0 Å². The average Bonchev–Trinajstić information content (AvgIpc) is 2.62. The van der Waals surface area contributed by atoms with Gasteiger partial charge in [0.25, 0.3) is 0 Å². The minimum absolute atomic E-state index is 0.253. The van der Waals surface area contributed by atoms with Crippen LogP contribution in [0, 0.1) is 11.3 Å². The summed E-state index contributed by atoms with van der Waals surface area (Å²) in [6.07, 6.45) is -2.81. The number of benzene rings is 1. The summed E-state index contributed by atoms with van der Waals surface area (Å²) in [4.78, 5) is 12.2. The Labute approximate surface area is 143 Å². The number of alkyl halides is 3. The fourth-order valence-electron chi connectivity index (χ4n) is 2.84. The van der Waals surface area contributed by atoms with E-state index in [0.29, 0.717) is 37.8 Å². The Bertz CT molecular complexity index is 776. The van der Waals surface area contributed by atoms with E-state index in [1.165, 1.54) is 24.4 Å². The summed E-state index contributed by atoms with van der Waals surface area (Å²) >= 11 is 0. The van der Waals surface area contributed by atoms with Crippen LogP contribution in [0.3, 0.4) is 0 Å². The lowest BCUT2D eigenvalue weighted by molar-refractivity contribution is -0.138. The first-order chi connectivity index (χ1) is 12.0. The van der Waals surface area contributed by atoms with Gasteiger partial charge >= 0.3 is 6.18 Å². The molecular formula is C17H16F3N5. The molecule has 0 atom stereocenters. The zero-order valence-corrected chi connectivity index (χ0v) is 13.4. The Balaban J connectivity index is 1.65. The molecule has 1 fully saturated rings. The second kappa shape index (κ2) is 7.07. The van der Waals surface area contributed by atoms with Crippen LogP contribution in [0.5, 0.6) is 0 Å². The molecule has 25 heavy (non-hydrogen) atoms. The van der Waals surface area contributed by atoms with Gasteiger partial charge < -0.3 is 4.90 Å². The lowest BCUT2D eigenvalue weighted by Crippen LogP contribution is -2.46. The molecule has 1 saturated heterocycles. The van der Waals surface area contributed by atoms with Gasteiger partial charge in [0.2, 0.25) is 5.95 Å². The van der Waals surface area contributed by atoms with Gasteiger partial charge in [0.05, 0.1) is 5.56 Å². The first-order valence-electron chi connectivity index (χ1n) is 7.83. The largest absolute Gasteiger partial charge is 0.416 e. The molecule has 0 amide bonds. The summed E-state index contributed by atoms with van der Waals surface area (Å²) in [6.45, 7) is 2.66. The van der Waals surface area contributed by atoms with E-state index in [1.807, 2.05) is 15.9 Å². The van der Waals surface area contributed by atoms with Crippen LogP contribution in [0.15, 0.2) is 36.5 Å². The zero-order valence-electron chi connectivity index (χ0n) is 13.4. The van der Waals surface area contributed by atoms with Crippen molar-refractivity contribution in [3.05, 3.63) is 53.3 Å². The van der Waals surface area contributed by atoms with Crippen LogP contribution in [0.25, 0.3) is 0 Å². The summed E-state index contributed by atoms with van der Waals surface area (Å²) in [5.41, 5.74) is 0.000182. The number of nitriles is 1. The molecule has 2 aromatic rings. The van der Waals surface area contributed by atoms with Gasteiger partial charge in [-0.25, -0.2) is 9.97 Å². The van der Waals surface area contributed by atoms with Crippen molar-refractivity contribution < 1.29 is 13.2 Å². The third-order valence-corrected chi connectivity index (χ3v) is 4.13. The van der Waals surface area contributed by atoms with Gasteiger partial charge in [0, 0.05) is 38.9 Å². The number of halogens is 3.